The second kappa shape index (κ2) is 6.60. The van der Waals surface area contributed by atoms with Crippen LogP contribution in [-0.2, 0) is 26.3 Å². The van der Waals surface area contributed by atoms with Gasteiger partial charge in [-0.25, -0.2) is 0 Å². The van der Waals surface area contributed by atoms with Crippen LogP contribution in [0.3, 0.4) is 0 Å². The molecule has 3 aromatic rings. The van der Waals surface area contributed by atoms with Gasteiger partial charge in [0.2, 0.25) is 0 Å². The van der Waals surface area contributed by atoms with Crippen LogP contribution in [0.1, 0.15) is 46.8 Å². The summed E-state index contributed by atoms with van der Waals surface area (Å²) >= 11 is 1.58. The zero-order valence-corrected chi connectivity index (χ0v) is 15.5. The molecule has 0 atom stereocenters. The Morgan fingerprint density at radius 1 is 1.12 bits per heavy atom. The van der Waals surface area contributed by atoms with E-state index in [1.54, 1.807) is 11.3 Å². The lowest BCUT2D eigenvalue weighted by molar-refractivity contribution is 0.0998. The number of benzene rings is 2. The summed E-state index contributed by atoms with van der Waals surface area (Å²) in [6.45, 7) is 2.15. The lowest BCUT2D eigenvalue weighted by Crippen LogP contribution is -2.13. The van der Waals surface area contributed by atoms with Crippen LogP contribution in [0.25, 0.3) is 10.2 Å². The number of amides is 1. The summed E-state index contributed by atoms with van der Waals surface area (Å²) in [6.07, 6.45) is 5.69. The third-order valence-corrected chi connectivity index (χ3v) is 6.17. The molecule has 0 saturated heterocycles. The zero-order valence-electron chi connectivity index (χ0n) is 14.7. The fourth-order valence-electron chi connectivity index (χ4n) is 3.52. The Morgan fingerprint density at radius 3 is 2.72 bits per heavy atom. The predicted octanol–water partition coefficient (Wildman–Crippen LogP) is 4.42. The summed E-state index contributed by atoms with van der Waals surface area (Å²) in [7, 11) is 1.98. The quantitative estimate of drug-likeness (QED) is 0.673. The average Bonchev–Trinajstić information content (AvgIpc) is 2.96. The number of aromatic nitrogens is 1. The monoisotopic (exact) mass is 350 g/mol. The van der Waals surface area contributed by atoms with Crippen LogP contribution >= 0.6 is 11.3 Å². The normalized spacial score (nSPS) is 14.7. The topological polar surface area (TPSA) is 34.4 Å². The third-order valence-electron chi connectivity index (χ3n) is 5.07. The summed E-state index contributed by atoms with van der Waals surface area (Å²) in [5.74, 6) is -0.147. The highest BCUT2D eigenvalue weighted by molar-refractivity contribution is 7.16. The molecule has 25 heavy (non-hydrogen) atoms. The first-order valence-corrected chi connectivity index (χ1v) is 9.76. The van der Waals surface area contributed by atoms with E-state index in [1.807, 2.05) is 23.7 Å². The summed E-state index contributed by atoms with van der Waals surface area (Å²) in [5, 5.41) is 0. The number of thiazole rings is 1. The lowest BCUT2D eigenvalue weighted by atomic mass is 9.90. The van der Waals surface area contributed by atoms with E-state index in [-0.39, 0.29) is 5.91 Å². The molecule has 0 spiro atoms. The van der Waals surface area contributed by atoms with Crippen molar-refractivity contribution >= 4 is 27.5 Å². The number of rotatable bonds is 2. The van der Waals surface area contributed by atoms with Crippen molar-refractivity contribution in [1.29, 1.82) is 0 Å². The average molecular weight is 350 g/mol. The molecule has 4 heteroatoms. The van der Waals surface area contributed by atoms with Crippen LogP contribution in [0.2, 0.25) is 0 Å². The van der Waals surface area contributed by atoms with Crippen LogP contribution in [0.5, 0.6) is 0 Å². The summed E-state index contributed by atoms with van der Waals surface area (Å²) in [5.41, 5.74) is 5.84. The van der Waals surface area contributed by atoms with Crippen LogP contribution in [0.15, 0.2) is 41.4 Å². The fraction of sp³-hybridized carbons (Fsp3) is 0.333. The standard InChI is InChI=1S/C21H22N2OS/c1-3-14-8-11-18-19(12-14)25-21(23(18)2)22-20(24)17-10-9-15-6-4-5-7-16(15)13-17/h8-13H,3-7H2,1-2H3. The maximum atomic E-state index is 12.7. The molecule has 0 fully saturated rings. The van der Waals surface area contributed by atoms with Gasteiger partial charge < -0.3 is 4.57 Å². The number of fused-ring (bicyclic) bond motifs is 2. The molecule has 0 N–H and O–H groups in total. The van der Waals surface area contributed by atoms with E-state index >= 15 is 0 Å². The van der Waals surface area contributed by atoms with E-state index < -0.39 is 0 Å². The molecule has 0 bridgehead atoms. The second-order valence-corrected chi connectivity index (χ2v) is 7.72. The van der Waals surface area contributed by atoms with Crippen molar-refractivity contribution in [2.75, 3.05) is 0 Å². The summed E-state index contributed by atoms with van der Waals surface area (Å²) in [4.78, 5) is 17.8. The van der Waals surface area contributed by atoms with E-state index in [1.165, 1.54) is 34.2 Å². The van der Waals surface area contributed by atoms with Crippen LogP contribution in [0, 0.1) is 0 Å². The highest BCUT2D eigenvalue weighted by Gasteiger charge is 2.13. The smallest absolute Gasteiger partial charge is 0.279 e. The zero-order chi connectivity index (χ0) is 17.4. The summed E-state index contributed by atoms with van der Waals surface area (Å²) < 4.78 is 3.19. The number of hydrogen-bond donors (Lipinski definition) is 0. The largest absolute Gasteiger partial charge is 0.319 e. The van der Waals surface area contributed by atoms with Crippen molar-refractivity contribution < 1.29 is 4.79 Å². The Hall–Kier alpha value is -2.20. The van der Waals surface area contributed by atoms with Gasteiger partial charge in [0, 0.05) is 12.6 Å². The first-order valence-electron chi connectivity index (χ1n) is 8.95. The van der Waals surface area contributed by atoms with Crippen LogP contribution < -0.4 is 4.80 Å². The Labute approximate surface area is 151 Å². The van der Waals surface area contributed by atoms with Gasteiger partial charge in [-0.2, -0.15) is 4.99 Å². The molecule has 1 heterocycles. The van der Waals surface area contributed by atoms with E-state index in [9.17, 15) is 4.79 Å². The molecule has 1 aliphatic carbocycles. The van der Waals surface area contributed by atoms with E-state index in [2.05, 4.69) is 36.2 Å². The van der Waals surface area contributed by atoms with Gasteiger partial charge in [0.1, 0.15) is 0 Å². The molecular weight excluding hydrogens is 328 g/mol. The van der Waals surface area contributed by atoms with Crippen molar-refractivity contribution in [3.05, 3.63) is 63.5 Å². The van der Waals surface area contributed by atoms with Gasteiger partial charge >= 0.3 is 0 Å². The number of hydrogen-bond acceptors (Lipinski definition) is 2. The minimum Gasteiger partial charge on any atom is -0.319 e. The molecule has 1 aliphatic rings. The van der Waals surface area contributed by atoms with Gasteiger partial charge in [-0.1, -0.05) is 30.4 Å². The number of nitrogens with zero attached hydrogens (tertiary/aromatic N) is 2. The van der Waals surface area contributed by atoms with Gasteiger partial charge in [-0.3, -0.25) is 4.79 Å². The van der Waals surface area contributed by atoms with Crippen molar-refractivity contribution in [2.45, 2.75) is 39.0 Å². The molecule has 128 valence electrons. The maximum Gasteiger partial charge on any atom is 0.279 e. The number of carbonyl (C=O) groups is 1. The molecule has 1 amide bonds. The second-order valence-electron chi connectivity index (χ2n) is 6.71. The van der Waals surface area contributed by atoms with Gasteiger partial charge in [0.15, 0.2) is 4.80 Å². The molecular formula is C21H22N2OS. The van der Waals surface area contributed by atoms with E-state index in [4.69, 9.17) is 0 Å². The molecule has 2 aromatic carbocycles. The maximum absolute atomic E-state index is 12.7. The van der Waals surface area contributed by atoms with Gasteiger partial charge in [-0.05, 0) is 73.1 Å². The molecule has 1 aromatic heterocycles. The minimum atomic E-state index is -0.147. The Kier molecular flexibility index (Phi) is 4.30. The third kappa shape index (κ3) is 3.07. The molecule has 4 rings (SSSR count). The number of carbonyl (C=O) groups excluding carboxylic acids is 1. The lowest BCUT2D eigenvalue weighted by Gasteiger charge is -2.15. The predicted molar refractivity (Wildman–Crippen MR) is 103 cm³/mol. The van der Waals surface area contributed by atoms with Crippen LogP contribution in [0.4, 0.5) is 0 Å². The molecule has 0 saturated carbocycles. The van der Waals surface area contributed by atoms with Crippen molar-refractivity contribution in [1.82, 2.24) is 4.57 Å². The van der Waals surface area contributed by atoms with E-state index in [0.717, 1.165) is 29.6 Å². The molecule has 0 aliphatic heterocycles. The van der Waals surface area contributed by atoms with Gasteiger partial charge in [0.25, 0.3) is 5.91 Å². The van der Waals surface area contributed by atoms with Crippen molar-refractivity contribution in [2.24, 2.45) is 12.0 Å². The van der Waals surface area contributed by atoms with Crippen molar-refractivity contribution in [3.63, 3.8) is 0 Å². The Balaban J connectivity index is 1.74. The first kappa shape index (κ1) is 16.3. The molecule has 0 radical (unpaired) electrons. The molecule has 0 unspecified atom stereocenters. The SMILES string of the molecule is CCc1ccc2c(c1)sc(=NC(=O)c1ccc3c(c1)CCCC3)n2C. The Bertz CT molecular complexity index is 1030. The highest BCUT2D eigenvalue weighted by atomic mass is 32.1. The number of aryl methyl sites for hydroxylation is 4. The van der Waals surface area contributed by atoms with Gasteiger partial charge in [-0.15, -0.1) is 0 Å². The summed E-state index contributed by atoms with van der Waals surface area (Å²) in [6, 6.07) is 12.5. The molecule has 3 nitrogen and oxygen atoms in total. The highest BCUT2D eigenvalue weighted by Crippen LogP contribution is 2.23. The van der Waals surface area contributed by atoms with Crippen molar-refractivity contribution in [3.8, 4) is 0 Å². The van der Waals surface area contributed by atoms with Gasteiger partial charge in [0.05, 0.1) is 10.2 Å². The van der Waals surface area contributed by atoms with Crippen LogP contribution in [-0.4, -0.2) is 10.5 Å². The van der Waals surface area contributed by atoms with E-state index in [0.29, 0.717) is 5.56 Å². The minimum absolute atomic E-state index is 0.147. The Morgan fingerprint density at radius 2 is 1.92 bits per heavy atom. The first-order chi connectivity index (χ1) is 12.2. The fourth-order valence-corrected chi connectivity index (χ4v) is 4.60.